The highest BCUT2D eigenvalue weighted by Crippen LogP contribution is 2.10. The summed E-state index contributed by atoms with van der Waals surface area (Å²) in [4.78, 5) is 11.5. The van der Waals surface area contributed by atoms with Crippen molar-refractivity contribution >= 4 is 17.7 Å². The van der Waals surface area contributed by atoms with Crippen molar-refractivity contribution in [2.45, 2.75) is 12.7 Å². The van der Waals surface area contributed by atoms with E-state index in [1.165, 1.54) is 5.56 Å². The molecule has 1 aromatic rings. The molecule has 0 aliphatic carbocycles. The zero-order chi connectivity index (χ0) is 13.9. The number of hydrogen-bond acceptors (Lipinski definition) is 3. The van der Waals surface area contributed by atoms with Crippen LogP contribution in [0.5, 0.6) is 0 Å². The van der Waals surface area contributed by atoms with E-state index in [4.69, 9.17) is 4.74 Å². The summed E-state index contributed by atoms with van der Waals surface area (Å²) in [5.74, 6) is 1.40. The summed E-state index contributed by atoms with van der Waals surface area (Å²) in [5, 5.41) is 2.83. The fourth-order valence-corrected chi connectivity index (χ4v) is 2.21. The molecule has 0 saturated heterocycles. The van der Waals surface area contributed by atoms with Gasteiger partial charge in [0.2, 0.25) is 5.91 Å². The Morgan fingerprint density at radius 2 is 2.11 bits per heavy atom. The van der Waals surface area contributed by atoms with E-state index in [0.717, 1.165) is 11.3 Å². The zero-order valence-electron chi connectivity index (χ0n) is 11.4. The van der Waals surface area contributed by atoms with Gasteiger partial charge in [-0.25, -0.2) is 0 Å². The van der Waals surface area contributed by atoms with Gasteiger partial charge in [-0.2, -0.15) is 0 Å². The van der Waals surface area contributed by atoms with Gasteiger partial charge >= 0.3 is 0 Å². The van der Waals surface area contributed by atoms with Crippen LogP contribution in [0.2, 0.25) is 0 Å². The maximum absolute atomic E-state index is 11.5. The SMILES string of the molecule is C=C(C)COCCNC(=O)CSCc1ccccc1. The van der Waals surface area contributed by atoms with Gasteiger partial charge in [-0.1, -0.05) is 42.5 Å². The van der Waals surface area contributed by atoms with Crippen LogP contribution in [0.25, 0.3) is 0 Å². The monoisotopic (exact) mass is 279 g/mol. The predicted octanol–water partition coefficient (Wildman–Crippen LogP) is 2.63. The van der Waals surface area contributed by atoms with Gasteiger partial charge in [0.15, 0.2) is 0 Å². The Balaban J connectivity index is 2.01. The molecule has 1 rings (SSSR count). The van der Waals surface area contributed by atoms with E-state index in [9.17, 15) is 4.79 Å². The summed E-state index contributed by atoms with van der Waals surface area (Å²) < 4.78 is 5.30. The van der Waals surface area contributed by atoms with Gasteiger partial charge in [0.1, 0.15) is 0 Å². The van der Waals surface area contributed by atoms with Crippen LogP contribution in [0, 0.1) is 0 Å². The highest BCUT2D eigenvalue weighted by molar-refractivity contribution is 7.99. The van der Waals surface area contributed by atoms with Crippen molar-refractivity contribution in [1.82, 2.24) is 5.32 Å². The van der Waals surface area contributed by atoms with Crippen molar-refractivity contribution in [3.63, 3.8) is 0 Å². The lowest BCUT2D eigenvalue weighted by atomic mass is 10.2. The highest BCUT2D eigenvalue weighted by Gasteiger charge is 2.01. The van der Waals surface area contributed by atoms with E-state index >= 15 is 0 Å². The minimum atomic E-state index is 0.0554. The Bertz CT molecular complexity index is 392. The van der Waals surface area contributed by atoms with Crippen LogP contribution < -0.4 is 5.32 Å². The first-order valence-electron chi connectivity index (χ1n) is 6.29. The van der Waals surface area contributed by atoms with Gasteiger partial charge in [0.25, 0.3) is 0 Å². The lowest BCUT2D eigenvalue weighted by molar-refractivity contribution is -0.118. The van der Waals surface area contributed by atoms with Gasteiger partial charge in [0.05, 0.1) is 19.0 Å². The molecule has 1 N–H and O–H groups in total. The molecule has 4 heteroatoms. The summed E-state index contributed by atoms with van der Waals surface area (Å²) in [6, 6.07) is 10.1. The maximum Gasteiger partial charge on any atom is 0.230 e. The van der Waals surface area contributed by atoms with Crippen molar-refractivity contribution in [2.75, 3.05) is 25.5 Å². The Morgan fingerprint density at radius 1 is 1.37 bits per heavy atom. The van der Waals surface area contributed by atoms with Crippen LogP contribution in [0.3, 0.4) is 0 Å². The van der Waals surface area contributed by atoms with Gasteiger partial charge < -0.3 is 10.1 Å². The van der Waals surface area contributed by atoms with E-state index in [0.29, 0.717) is 25.5 Å². The lowest BCUT2D eigenvalue weighted by Gasteiger charge is -2.06. The van der Waals surface area contributed by atoms with Crippen LogP contribution in [-0.2, 0) is 15.3 Å². The average Bonchev–Trinajstić information content (AvgIpc) is 2.39. The van der Waals surface area contributed by atoms with E-state index in [2.05, 4.69) is 24.0 Å². The minimum absolute atomic E-state index is 0.0554. The molecule has 0 saturated carbocycles. The van der Waals surface area contributed by atoms with Crippen LogP contribution in [0.4, 0.5) is 0 Å². The molecular formula is C15H21NO2S. The molecule has 0 unspecified atom stereocenters. The van der Waals surface area contributed by atoms with E-state index in [-0.39, 0.29) is 5.91 Å². The quantitative estimate of drug-likeness (QED) is 0.558. The molecule has 3 nitrogen and oxygen atoms in total. The number of carbonyl (C=O) groups is 1. The molecule has 0 fully saturated rings. The van der Waals surface area contributed by atoms with Gasteiger partial charge in [0, 0.05) is 12.3 Å². The predicted molar refractivity (Wildman–Crippen MR) is 81.2 cm³/mol. The number of amides is 1. The number of rotatable bonds is 9. The van der Waals surface area contributed by atoms with Crippen molar-refractivity contribution < 1.29 is 9.53 Å². The summed E-state index contributed by atoms with van der Waals surface area (Å²) in [6.45, 7) is 7.29. The Kier molecular flexibility index (Phi) is 8.02. The standard InChI is InChI=1S/C15H21NO2S/c1-13(2)10-18-9-8-16-15(17)12-19-11-14-6-4-3-5-7-14/h3-7H,1,8-12H2,2H3,(H,16,17). The van der Waals surface area contributed by atoms with E-state index < -0.39 is 0 Å². The van der Waals surface area contributed by atoms with Crippen molar-refractivity contribution in [3.8, 4) is 0 Å². The normalized spacial score (nSPS) is 10.2. The molecule has 0 aliphatic rings. The maximum atomic E-state index is 11.5. The number of thioether (sulfide) groups is 1. The first-order valence-corrected chi connectivity index (χ1v) is 7.44. The number of nitrogens with one attached hydrogen (secondary N) is 1. The second kappa shape index (κ2) is 9.64. The largest absolute Gasteiger partial charge is 0.375 e. The van der Waals surface area contributed by atoms with Gasteiger partial charge in [-0.15, -0.1) is 11.8 Å². The number of benzene rings is 1. The minimum Gasteiger partial charge on any atom is -0.375 e. The third-order valence-corrected chi connectivity index (χ3v) is 3.27. The molecule has 0 heterocycles. The molecule has 1 aromatic carbocycles. The fraction of sp³-hybridized carbons (Fsp3) is 0.400. The molecule has 0 aromatic heterocycles. The number of ether oxygens (including phenoxy) is 1. The van der Waals surface area contributed by atoms with Crippen LogP contribution in [-0.4, -0.2) is 31.4 Å². The topological polar surface area (TPSA) is 38.3 Å². The molecule has 0 bridgehead atoms. The lowest BCUT2D eigenvalue weighted by Crippen LogP contribution is -2.28. The smallest absolute Gasteiger partial charge is 0.230 e. The van der Waals surface area contributed by atoms with Gasteiger partial charge in [-0.3, -0.25) is 4.79 Å². The Morgan fingerprint density at radius 3 is 2.79 bits per heavy atom. The van der Waals surface area contributed by atoms with Crippen LogP contribution in [0.15, 0.2) is 42.5 Å². The zero-order valence-corrected chi connectivity index (χ0v) is 12.2. The molecule has 0 atom stereocenters. The van der Waals surface area contributed by atoms with Crippen molar-refractivity contribution in [1.29, 1.82) is 0 Å². The second-order valence-corrected chi connectivity index (χ2v) is 5.32. The first kappa shape index (κ1) is 15.8. The third kappa shape index (κ3) is 8.46. The third-order valence-electron chi connectivity index (χ3n) is 2.26. The molecule has 0 spiro atoms. The molecule has 0 aliphatic heterocycles. The first-order chi connectivity index (χ1) is 9.18. The summed E-state index contributed by atoms with van der Waals surface area (Å²) >= 11 is 1.62. The van der Waals surface area contributed by atoms with Crippen LogP contribution in [0.1, 0.15) is 12.5 Å². The number of carbonyl (C=O) groups excluding carboxylic acids is 1. The summed E-state index contributed by atoms with van der Waals surface area (Å²) in [6.07, 6.45) is 0. The molecule has 0 radical (unpaired) electrons. The molecule has 19 heavy (non-hydrogen) atoms. The van der Waals surface area contributed by atoms with Crippen molar-refractivity contribution in [2.24, 2.45) is 0 Å². The average molecular weight is 279 g/mol. The molecule has 1 amide bonds. The van der Waals surface area contributed by atoms with Gasteiger partial charge in [-0.05, 0) is 12.5 Å². The highest BCUT2D eigenvalue weighted by atomic mass is 32.2. The number of hydrogen-bond donors (Lipinski definition) is 1. The van der Waals surface area contributed by atoms with Crippen molar-refractivity contribution in [3.05, 3.63) is 48.0 Å². The van der Waals surface area contributed by atoms with Crippen LogP contribution >= 0.6 is 11.8 Å². The fourth-order valence-electron chi connectivity index (χ4n) is 1.40. The van der Waals surface area contributed by atoms with E-state index in [1.807, 2.05) is 25.1 Å². The van der Waals surface area contributed by atoms with E-state index in [1.54, 1.807) is 11.8 Å². The Labute approximate surface area is 119 Å². The second-order valence-electron chi connectivity index (χ2n) is 4.34. The molecular weight excluding hydrogens is 258 g/mol. The summed E-state index contributed by atoms with van der Waals surface area (Å²) in [7, 11) is 0. The molecule has 104 valence electrons. The Hall–Kier alpha value is -1.26. The summed E-state index contributed by atoms with van der Waals surface area (Å²) in [5.41, 5.74) is 2.23.